The van der Waals surface area contributed by atoms with Gasteiger partial charge >= 0.3 is 23.9 Å². The fourth-order valence-corrected chi connectivity index (χ4v) is 8.10. The van der Waals surface area contributed by atoms with Crippen molar-refractivity contribution in [3.8, 4) is 0 Å². The van der Waals surface area contributed by atoms with E-state index in [-0.39, 0.29) is 25.9 Å². The van der Waals surface area contributed by atoms with Crippen LogP contribution in [0.1, 0.15) is 226 Å². The van der Waals surface area contributed by atoms with Gasteiger partial charge in [0, 0.05) is 19.3 Å². The largest absolute Gasteiger partial charge is 0.479 e. The standard InChI is InChI=1S/C61H100O12/c1-4-7-10-13-16-19-22-25-27-30-32-35-38-41-44-47-53(62)69-50-52(71-54(63)48-45-42-39-36-33-29-24-21-18-15-12-9-6-3)51-70-61-59(57(66)56(65)58(73-61)60(67)68)72-55(64)49-46-43-40-37-34-31-28-26-23-20-17-14-11-8-5-2/h7,9-10,12,16,18-19,21,25-29,33,52,56-59,61,65-66H,4-6,8,11,13-15,17,20,22-24,30-32,34-51H2,1-3H3,(H,67,68)/b10-7-,12-9-,19-16-,21-18-,27-25-,28-26-,33-29-. The van der Waals surface area contributed by atoms with Crippen molar-refractivity contribution in [3.05, 3.63) is 85.1 Å². The van der Waals surface area contributed by atoms with Gasteiger partial charge in [0.15, 0.2) is 24.6 Å². The minimum Gasteiger partial charge on any atom is -0.479 e. The van der Waals surface area contributed by atoms with Crippen LogP contribution in [-0.2, 0) is 42.9 Å². The van der Waals surface area contributed by atoms with Gasteiger partial charge in [0.1, 0.15) is 18.8 Å². The first-order valence-corrected chi connectivity index (χ1v) is 28.6. The van der Waals surface area contributed by atoms with Crippen molar-refractivity contribution in [2.24, 2.45) is 0 Å². The molecule has 12 nitrogen and oxygen atoms in total. The molecule has 416 valence electrons. The van der Waals surface area contributed by atoms with Crippen molar-refractivity contribution in [2.75, 3.05) is 13.2 Å². The van der Waals surface area contributed by atoms with Crippen LogP contribution in [0.4, 0.5) is 0 Å². The second-order valence-electron chi connectivity index (χ2n) is 19.2. The van der Waals surface area contributed by atoms with Crippen molar-refractivity contribution in [1.29, 1.82) is 0 Å². The Morgan fingerprint density at radius 2 is 0.863 bits per heavy atom. The van der Waals surface area contributed by atoms with Crippen molar-refractivity contribution in [2.45, 2.75) is 263 Å². The molecule has 1 heterocycles. The maximum atomic E-state index is 13.1. The van der Waals surface area contributed by atoms with Gasteiger partial charge in [0.2, 0.25) is 0 Å². The van der Waals surface area contributed by atoms with E-state index in [2.05, 4.69) is 106 Å². The highest BCUT2D eigenvalue weighted by molar-refractivity contribution is 5.74. The average Bonchev–Trinajstić information content (AvgIpc) is 3.37. The number of carbonyl (C=O) groups is 4. The first-order chi connectivity index (χ1) is 35.6. The maximum Gasteiger partial charge on any atom is 0.335 e. The molecule has 6 unspecified atom stereocenters. The Bertz CT molecular complexity index is 1590. The van der Waals surface area contributed by atoms with Gasteiger partial charge in [-0.2, -0.15) is 0 Å². The van der Waals surface area contributed by atoms with Gasteiger partial charge in [-0.15, -0.1) is 0 Å². The van der Waals surface area contributed by atoms with E-state index in [1.807, 2.05) is 0 Å². The average molecular weight is 1030 g/mol. The zero-order chi connectivity index (χ0) is 53.3. The zero-order valence-electron chi connectivity index (χ0n) is 45.6. The molecule has 3 N–H and O–H groups in total. The normalized spacial score (nSPS) is 18.9. The number of hydrogen-bond donors (Lipinski definition) is 3. The van der Waals surface area contributed by atoms with Crippen LogP contribution >= 0.6 is 0 Å². The van der Waals surface area contributed by atoms with Crippen LogP contribution in [0.5, 0.6) is 0 Å². The number of allylic oxidation sites excluding steroid dienone is 14. The highest BCUT2D eigenvalue weighted by atomic mass is 16.7. The van der Waals surface area contributed by atoms with Gasteiger partial charge in [-0.3, -0.25) is 14.4 Å². The number of ether oxygens (including phenoxy) is 5. The molecule has 0 aromatic rings. The quantitative estimate of drug-likeness (QED) is 0.0228. The Labute approximate surface area is 441 Å². The van der Waals surface area contributed by atoms with Gasteiger partial charge in [-0.05, 0) is 109 Å². The second-order valence-corrected chi connectivity index (χ2v) is 19.2. The van der Waals surface area contributed by atoms with E-state index in [9.17, 15) is 34.5 Å². The SMILES string of the molecule is CC/C=C\C/C=C\C/C=C\CCCCCCCC(=O)OCC(COC1OC(C(=O)O)C(O)C(O)C1OC(=O)CCCCCCC/C=C\CCCCCCCC)OC(=O)CCCCC/C=C\C/C=C\C/C=C\CC. The van der Waals surface area contributed by atoms with E-state index in [1.165, 1.54) is 38.5 Å². The smallest absolute Gasteiger partial charge is 0.335 e. The maximum absolute atomic E-state index is 13.1. The van der Waals surface area contributed by atoms with E-state index >= 15 is 0 Å². The van der Waals surface area contributed by atoms with Crippen molar-refractivity contribution in [1.82, 2.24) is 0 Å². The monoisotopic (exact) mass is 1020 g/mol. The lowest BCUT2D eigenvalue weighted by Gasteiger charge is -2.40. The minimum atomic E-state index is -1.91. The Balaban J connectivity index is 2.74. The lowest BCUT2D eigenvalue weighted by atomic mass is 9.98. The number of aliphatic hydroxyl groups is 2. The Morgan fingerprint density at radius 1 is 0.466 bits per heavy atom. The van der Waals surface area contributed by atoms with E-state index in [4.69, 9.17) is 23.7 Å². The summed E-state index contributed by atoms with van der Waals surface area (Å²) in [5.74, 6) is -3.20. The number of unbranched alkanes of at least 4 members (excludes halogenated alkanes) is 19. The van der Waals surface area contributed by atoms with Crippen molar-refractivity contribution < 1.29 is 58.2 Å². The molecule has 1 fully saturated rings. The van der Waals surface area contributed by atoms with Crippen LogP contribution in [0.2, 0.25) is 0 Å². The number of aliphatic carboxylic acids is 1. The molecule has 0 saturated carbocycles. The third kappa shape index (κ3) is 39.0. The number of carboxylic acids is 1. The topological polar surface area (TPSA) is 175 Å². The Kier molecular flexibility index (Phi) is 44.7. The van der Waals surface area contributed by atoms with E-state index in [0.29, 0.717) is 19.3 Å². The first-order valence-electron chi connectivity index (χ1n) is 28.6. The van der Waals surface area contributed by atoms with E-state index in [0.717, 1.165) is 128 Å². The zero-order valence-corrected chi connectivity index (χ0v) is 45.6. The molecule has 0 bridgehead atoms. The lowest BCUT2D eigenvalue weighted by molar-refractivity contribution is -0.301. The van der Waals surface area contributed by atoms with Crippen LogP contribution < -0.4 is 0 Å². The summed E-state index contributed by atoms with van der Waals surface area (Å²) < 4.78 is 28.3. The summed E-state index contributed by atoms with van der Waals surface area (Å²) in [4.78, 5) is 51.0. The highest BCUT2D eigenvalue weighted by Gasteiger charge is 2.50. The fourth-order valence-electron chi connectivity index (χ4n) is 8.10. The number of rotatable bonds is 47. The Morgan fingerprint density at radius 3 is 1.34 bits per heavy atom. The van der Waals surface area contributed by atoms with Crippen LogP contribution in [0.25, 0.3) is 0 Å². The molecule has 1 saturated heterocycles. The van der Waals surface area contributed by atoms with Crippen LogP contribution in [-0.4, -0.2) is 89.2 Å². The highest BCUT2D eigenvalue weighted by Crippen LogP contribution is 2.26. The van der Waals surface area contributed by atoms with E-state index < -0.39 is 67.3 Å². The van der Waals surface area contributed by atoms with Gasteiger partial charge in [0.25, 0.3) is 0 Å². The number of carbonyl (C=O) groups excluding carboxylic acids is 3. The summed E-state index contributed by atoms with van der Waals surface area (Å²) in [7, 11) is 0. The molecule has 1 aliphatic heterocycles. The van der Waals surface area contributed by atoms with E-state index in [1.54, 1.807) is 0 Å². The predicted molar refractivity (Wildman–Crippen MR) is 294 cm³/mol. The van der Waals surface area contributed by atoms with Crippen LogP contribution in [0, 0.1) is 0 Å². The Hall–Kier alpha value is -4.10. The number of esters is 3. The summed E-state index contributed by atoms with van der Waals surface area (Å²) in [6.45, 7) is 5.70. The van der Waals surface area contributed by atoms with Gasteiger partial charge in [-0.25, -0.2) is 4.79 Å². The molecular weight excluding hydrogens is 925 g/mol. The molecule has 1 rings (SSSR count). The molecule has 1 aliphatic rings. The first kappa shape index (κ1) is 66.9. The summed E-state index contributed by atoms with van der Waals surface area (Å²) in [6.07, 6.45) is 49.9. The van der Waals surface area contributed by atoms with Gasteiger partial charge < -0.3 is 39.0 Å². The molecule has 0 radical (unpaired) electrons. The molecule has 0 aliphatic carbocycles. The number of hydrogen-bond acceptors (Lipinski definition) is 11. The molecule has 6 atom stereocenters. The minimum absolute atomic E-state index is 0.0424. The summed E-state index contributed by atoms with van der Waals surface area (Å²) >= 11 is 0. The molecule has 0 aromatic heterocycles. The number of aliphatic hydroxyl groups excluding tert-OH is 2. The summed E-state index contributed by atoms with van der Waals surface area (Å²) in [5, 5.41) is 31.4. The third-order valence-corrected chi connectivity index (χ3v) is 12.4. The van der Waals surface area contributed by atoms with Gasteiger partial charge in [0.05, 0.1) is 6.61 Å². The summed E-state index contributed by atoms with van der Waals surface area (Å²) in [5.41, 5.74) is 0. The molecule has 0 amide bonds. The summed E-state index contributed by atoms with van der Waals surface area (Å²) in [6, 6.07) is 0. The molecule has 12 heteroatoms. The van der Waals surface area contributed by atoms with Crippen molar-refractivity contribution >= 4 is 23.9 Å². The van der Waals surface area contributed by atoms with Crippen LogP contribution in [0.15, 0.2) is 85.1 Å². The second kappa shape index (κ2) is 48.8. The molecule has 0 spiro atoms. The lowest BCUT2D eigenvalue weighted by Crippen LogP contribution is -2.61. The molecule has 0 aromatic carbocycles. The number of carboxylic acid groups (broad SMARTS) is 1. The van der Waals surface area contributed by atoms with Gasteiger partial charge in [-0.1, -0.05) is 183 Å². The molecular formula is C61H100O12. The van der Waals surface area contributed by atoms with Crippen LogP contribution in [0.3, 0.4) is 0 Å². The molecule has 73 heavy (non-hydrogen) atoms. The third-order valence-electron chi connectivity index (χ3n) is 12.4. The predicted octanol–water partition coefficient (Wildman–Crippen LogP) is 14.3. The fraction of sp³-hybridized carbons (Fsp3) is 0.705. The van der Waals surface area contributed by atoms with Crippen molar-refractivity contribution in [3.63, 3.8) is 0 Å².